The summed E-state index contributed by atoms with van der Waals surface area (Å²) in [6.45, 7) is 2.21. The molecule has 1 heterocycles. The Hall–Kier alpha value is -0.820. The van der Waals surface area contributed by atoms with Crippen LogP contribution in [0, 0.1) is 0 Å². The van der Waals surface area contributed by atoms with Crippen molar-refractivity contribution in [3.05, 3.63) is 0 Å². The van der Waals surface area contributed by atoms with Crippen LogP contribution in [-0.4, -0.2) is 49.5 Å². The number of hydrogen-bond donors (Lipinski definition) is 2. The molecular weight excluding hydrogens is 202 g/mol. The SMILES string of the molecule is CSCC(C)(O)CNc1nnnn1C. The third-order valence-corrected chi connectivity index (χ3v) is 2.61. The summed E-state index contributed by atoms with van der Waals surface area (Å²) in [6, 6.07) is 0. The number of aromatic nitrogens is 4. The van der Waals surface area contributed by atoms with Gasteiger partial charge in [0.05, 0.1) is 5.60 Å². The Morgan fingerprint density at radius 1 is 1.64 bits per heavy atom. The van der Waals surface area contributed by atoms with Gasteiger partial charge in [-0.2, -0.15) is 11.8 Å². The predicted molar refractivity (Wildman–Crippen MR) is 56.3 cm³/mol. The molecule has 0 bridgehead atoms. The Labute approximate surface area is 87.1 Å². The second-order valence-corrected chi connectivity index (χ2v) is 4.28. The van der Waals surface area contributed by atoms with E-state index >= 15 is 0 Å². The number of nitrogens with one attached hydrogen (secondary N) is 1. The van der Waals surface area contributed by atoms with Crippen molar-refractivity contribution in [1.29, 1.82) is 0 Å². The van der Waals surface area contributed by atoms with E-state index in [9.17, 15) is 5.11 Å². The van der Waals surface area contributed by atoms with Gasteiger partial charge in [0.2, 0.25) is 5.95 Å². The van der Waals surface area contributed by atoms with Crippen molar-refractivity contribution in [1.82, 2.24) is 20.2 Å². The van der Waals surface area contributed by atoms with Crippen LogP contribution in [0.4, 0.5) is 5.95 Å². The van der Waals surface area contributed by atoms with Crippen molar-refractivity contribution >= 4 is 17.7 Å². The molecule has 0 aliphatic rings. The van der Waals surface area contributed by atoms with Gasteiger partial charge in [0.15, 0.2) is 0 Å². The molecule has 0 spiro atoms. The summed E-state index contributed by atoms with van der Waals surface area (Å²) in [5.41, 5.74) is -0.745. The highest BCUT2D eigenvalue weighted by molar-refractivity contribution is 7.98. The molecule has 1 atom stereocenters. The molecule has 2 N–H and O–H groups in total. The van der Waals surface area contributed by atoms with Gasteiger partial charge in [-0.25, -0.2) is 4.68 Å². The van der Waals surface area contributed by atoms with E-state index in [4.69, 9.17) is 0 Å². The van der Waals surface area contributed by atoms with E-state index in [1.54, 1.807) is 25.7 Å². The maximum atomic E-state index is 9.84. The first kappa shape index (κ1) is 11.3. The fourth-order valence-corrected chi connectivity index (χ4v) is 1.73. The third-order valence-electron chi connectivity index (χ3n) is 1.70. The molecule has 0 saturated heterocycles. The standard InChI is InChI=1S/C7H15N5OS/c1-7(13,5-14-3)4-8-6-9-10-11-12(6)2/h13H,4-5H2,1-3H3,(H,8,9,11). The average Bonchev–Trinajstić information content (AvgIpc) is 2.48. The Bertz CT molecular complexity index is 287. The lowest BCUT2D eigenvalue weighted by Crippen LogP contribution is -2.36. The average molecular weight is 217 g/mol. The van der Waals surface area contributed by atoms with Crippen LogP contribution >= 0.6 is 11.8 Å². The highest BCUT2D eigenvalue weighted by Crippen LogP contribution is 2.11. The molecule has 1 rings (SSSR count). The largest absolute Gasteiger partial charge is 0.387 e. The highest BCUT2D eigenvalue weighted by Gasteiger charge is 2.19. The van der Waals surface area contributed by atoms with Crippen LogP contribution in [0.3, 0.4) is 0 Å². The van der Waals surface area contributed by atoms with Crippen molar-refractivity contribution in [3.8, 4) is 0 Å². The number of thioether (sulfide) groups is 1. The Morgan fingerprint density at radius 2 is 2.36 bits per heavy atom. The van der Waals surface area contributed by atoms with Crippen LogP contribution in [0.1, 0.15) is 6.92 Å². The lowest BCUT2D eigenvalue weighted by molar-refractivity contribution is 0.0994. The van der Waals surface area contributed by atoms with Crippen molar-refractivity contribution in [2.75, 3.05) is 23.9 Å². The third kappa shape index (κ3) is 3.15. The molecule has 80 valence electrons. The van der Waals surface area contributed by atoms with Gasteiger partial charge in [-0.15, -0.1) is 0 Å². The quantitative estimate of drug-likeness (QED) is 0.707. The monoisotopic (exact) mass is 217 g/mol. The van der Waals surface area contributed by atoms with Crippen molar-refractivity contribution in [3.63, 3.8) is 0 Å². The molecule has 0 amide bonds. The number of aliphatic hydroxyl groups is 1. The Morgan fingerprint density at radius 3 is 2.86 bits per heavy atom. The topological polar surface area (TPSA) is 75.9 Å². The molecule has 1 aromatic heterocycles. The lowest BCUT2D eigenvalue weighted by atomic mass is 10.1. The summed E-state index contributed by atoms with van der Waals surface area (Å²) in [7, 11) is 1.74. The van der Waals surface area contributed by atoms with Crippen LogP contribution in [0.15, 0.2) is 0 Å². The van der Waals surface area contributed by atoms with Crippen LogP contribution < -0.4 is 5.32 Å². The summed E-state index contributed by atoms with van der Waals surface area (Å²) in [6.07, 6.45) is 1.96. The zero-order valence-corrected chi connectivity index (χ0v) is 9.38. The molecular formula is C7H15N5OS. The van der Waals surface area contributed by atoms with E-state index in [2.05, 4.69) is 20.8 Å². The van der Waals surface area contributed by atoms with Gasteiger partial charge in [-0.05, 0) is 23.6 Å². The van der Waals surface area contributed by atoms with E-state index < -0.39 is 5.60 Å². The molecule has 7 heteroatoms. The first-order valence-corrected chi connectivity index (χ1v) is 5.62. The minimum atomic E-state index is -0.745. The zero-order valence-electron chi connectivity index (χ0n) is 8.56. The van der Waals surface area contributed by atoms with Gasteiger partial charge in [-0.1, -0.05) is 5.10 Å². The van der Waals surface area contributed by atoms with Crippen molar-refractivity contribution in [2.45, 2.75) is 12.5 Å². The molecule has 0 aromatic carbocycles. The lowest BCUT2D eigenvalue weighted by Gasteiger charge is -2.22. The number of hydrogen-bond acceptors (Lipinski definition) is 6. The van der Waals surface area contributed by atoms with Gasteiger partial charge < -0.3 is 10.4 Å². The minimum absolute atomic E-state index is 0.433. The van der Waals surface area contributed by atoms with E-state index in [0.29, 0.717) is 18.2 Å². The van der Waals surface area contributed by atoms with Gasteiger partial charge in [0.25, 0.3) is 0 Å². The van der Waals surface area contributed by atoms with Crippen molar-refractivity contribution < 1.29 is 5.11 Å². The summed E-state index contributed by atoms with van der Waals surface area (Å²) in [5.74, 6) is 1.23. The molecule has 0 saturated carbocycles. The van der Waals surface area contributed by atoms with E-state index in [1.807, 2.05) is 6.26 Å². The Balaban J connectivity index is 2.44. The van der Waals surface area contributed by atoms with E-state index in [-0.39, 0.29) is 0 Å². The highest BCUT2D eigenvalue weighted by atomic mass is 32.2. The van der Waals surface area contributed by atoms with Crippen LogP contribution in [0.5, 0.6) is 0 Å². The summed E-state index contributed by atoms with van der Waals surface area (Å²) < 4.78 is 1.52. The van der Waals surface area contributed by atoms with Crippen molar-refractivity contribution in [2.24, 2.45) is 7.05 Å². The molecule has 0 fully saturated rings. The molecule has 0 radical (unpaired) electrons. The first-order valence-electron chi connectivity index (χ1n) is 4.23. The predicted octanol–water partition coefficient (Wildman–Crippen LogP) is -0.264. The van der Waals surface area contributed by atoms with Gasteiger partial charge in [0, 0.05) is 19.3 Å². The molecule has 0 aliphatic heterocycles. The first-order chi connectivity index (χ1) is 6.55. The van der Waals surface area contributed by atoms with Crippen LogP contribution in [-0.2, 0) is 7.05 Å². The minimum Gasteiger partial charge on any atom is -0.387 e. The number of rotatable bonds is 5. The summed E-state index contributed by atoms with van der Waals surface area (Å²) >= 11 is 1.60. The fourth-order valence-electron chi connectivity index (χ4n) is 1.01. The molecule has 1 unspecified atom stereocenters. The summed E-state index contributed by atoms with van der Waals surface area (Å²) in [4.78, 5) is 0. The molecule has 0 aliphatic carbocycles. The van der Waals surface area contributed by atoms with E-state index in [0.717, 1.165) is 0 Å². The molecule has 6 nitrogen and oxygen atoms in total. The molecule has 14 heavy (non-hydrogen) atoms. The number of aryl methyl sites for hydroxylation is 1. The smallest absolute Gasteiger partial charge is 0.242 e. The summed E-state index contributed by atoms with van der Waals surface area (Å²) in [5, 5.41) is 23.7. The number of tetrazole rings is 1. The maximum absolute atomic E-state index is 9.84. The second-order valence-electron chi connectivity index (χ2n) is 3.41. The van der Waals surface area contributed by atoms with E-state index in [1.165, 1.54) is 4.68 Å². The van der Waals surface area contributed by atoms with Gasteiger partial charge >= 0.3 is 0 Å². The van der Waals surface area contributed by atoms with Crippen LogP contribution in [0.2, 0.25) is 0 Å². The zero-order chi connectivity index (χ0) is 10.6. The second kappa shape index (κ2) is 4.61. The molecule has 1 aromatic rings. The van der Waals surface area contributed by atoms with Gasteiger partial charge in [-0.3, -0.25) is 0 Å². The van der Waals surface area contributed by atoms with Crippen LogP contribution in [0.25, 0.3) is 0 Å². The normalized spacial score (nSPS) is 15.1. The Kier molecular flexibility index (Phi) is 3.70. The maximum Gasteiger partial charge on any atom is 0.242 e. The van der Waals surface area contributed by atoms with Gasteiger partial charge in [0.1, 0.15) is 0 Å². The number of nitrogens with zero attached hydrogens (tertiary/aromatic N) is 4. The number of anilines is 1. The fraction of sp³-hybridized carbons (Fsp3) is 0.857.